The zero-order chi connectivity index (χ0) is 16.2. The first kappa shape index (κ1) is 13.8. The number of nitrogens with zero attached hydrogens (tertiary/aromatic N) is 1. The average Bonchev–Trinajstić information content (AvgIpc) is 3.30. The fraction of sp³-hybridized carbons (Fsp3) is 0.222. The monoisotopic (exact) mass is 307 g/mol. The molecule has 3 aromatic rings. The van der Waals surface area contributed by atoms with E-state index >= 15 is 0 Å². The summed E-state index contributed by atoms with van der Waals surface area (Å²) in [6.07, 6.45) is 1.94. The third-order valence-corrected chi connectivity index (χ3v) is 4.91. The summed E-state index contributed by atoms with van der Waals surface area (Å²) < 4.78 is 1.59. The molecule has 5 nitrogen and oxygen atoms in total. The number of carbonyl (C=O) groups excluding carboxylic acids is 1. The lowest BCUT2D eigenvalue weighted by Crippen LogP contribution is -2.19. The summed E-state index contributed by atoms with van der Waals surface area (Å²) in [4.78, 5) is 26.4. The van der Waals surface area contributed by atoms with Gasteiger partial charge in [0.05, 0.1) is 11.0 Å². The summed E-state index contributed by atoms with van der Waals surface area (Å²) in [7, 11) is 1.75. The Labute approximate surface area is 132 Å². The smallest absolute Gasteiger partial charge is 0.326 e. The molecule has 1 fully saturated rings. The maximum absolute atomic E-state index is 11.8. The van der Waals surface area contributed by atoms with Crippen LogP contribution in [0, 0.1) is 0 Å². The minimum Gasteiger partial charge on any atom is -0.366 e. The molecule has 0 saturated heterocycles. The van der Waals surface area contributed by atoms with Gasteiger partial charge in [-0.1, -0.05) is 24.3 Å². The highest BCUT2D eigenvalue weighted by molar-refractivity contribution is 5.95. The van der Waals surface area contributed by atoms with E-state index in [1.54, 1.807) is 17.7 Å². The third kappa shape index (κ3) is 1.93. The van der Waals surface area contributed by atoms with Crippen LogP contribution in [0.15, 0.2) is 47.3 Å². The van der Waals surface area contributed by atoms with E-state index in [-0.39, 0.29) is 11.1 Å². The van der Waals surface area contributed by atoms with Gasteiger partial charge < -0.3 is 10.7 Å². The van der Waals surface area contributed by atoms with Crippen molar-refractivity contribution in [3.63, 3.8) is 0 Å². The predicted molar refractivity (Wildman–Crippen MR) is 88.5 cm³/mol. The number of carbonyl (C=O) groups is 1. The molecular weight excluding hydrogens is 290 g/mol. The van der Waals surface area contributed by atoms with Crippen LogP contribution in [0.1, 0.15) is 34.3 Å². The molecule has 0 bridgehead atoms. The summed E-state index contributed by atoms with van der Waals surface area (Å²) in [6.45, 7) is 0. The molecule has 0 aliphatic heterocycles. The second kappa shape index (κ2) is 4.59. The van der Waals surface area contributed by atoms with Gasteiger partial charge in [0.2, 0.25) is 5.91 Å². The van der Waals surface area contributed by atoms with E-state index < -0.39 is 5.91 Å². The Kier molecular flexibility index (Phi) is 2.75. The molecule has 0 radical (unpaired) electrons. The molecule has 1 aliphatic rings. The van der Waals surface area contributed by atoms with Crippen LogP contribution in [-0.2, 0) is 12.5 Å². The van der Waals surface area contributed by atoms with Gasteiger partial charge in [-0.3, -0.25) is 9.36 Å². The number of aromatic amines is 1. The average molecular weight is 307 g/mol. The Morgan fingerprint density at radius 2 is 1.96 bits per heavy atom. The summed E-state index contributed by atoms with van der Waals surface area (Å²) in [5, 5.41) is 0. The lowest BCUT2D eigenvalue weighted by molar-refractivity contribution is 0.0999. The molecule has 1 aromatic heterocycles. The molecule has 0 atom stereocenters. The number of aryl methyl sites for hydroxylation is 1. The van der Waals surface area contributed by atoms with Gasteiger partial charge in [-0.2, -0.15) is 0 Å². The van der Waals surface area contributed by atoms with E-state index in [1.165, 1.54) is 0 Å². The quantitative estimate of drug-likeness (QED) is 0.776. The molecule has 116 valence electrons. The fourth-order valence-corrected chi connectivity index (χ4v) is 3.49. The minimum atomic E-state index is -0.402. The van der Waals surface area contributed by atoms with Crippen molar-refractivity contribution < 1.29 is 4.79 Å². The second-order valence-corrected chi connectivity index (χ2v) is 6.21. The first-order chi connectivity index (χ1) is 11.0. The van der Waals surface area contributed by atoms with E-state index in [2.05, 4.69) is 4.98 Å². The Morgan fingerprint density at radius 3 is 2.65 bits per heavy atom. The maximum atomic E-state index is 11.8. The lowest BCUT2D eigenvalue weighted by Gasteiger charge is -2.19. The highest BCUT2D eigenvalue weighted by Gasteiger charge is 2.47. The van der Waals surface area contributed by atoms with E-state index in [9.17, 15) is 9.59 Å². The van der Waals surface area contributed by atoms with Gasteiger partial charge in [-0.05, 0) is 42.2 Å². The maximum Gasteiger partial charge on any atom is 0.326 e. The van der Waals surface area contributed by atoms with Crippen LogP contribution < -0.4 is 11.4 Å². The van der Waals surface area contributed by atoms with Gasteiger partial charge in [-0.25, -0.2) is 4.79 Å². The topological polar surface area (TPSA) is 80.9 Å². The van der Waals surface area contributed by atoms with Crippen molar-refractivity contribution in [2.75, 3.05) is 0 Å². The van der Waals surface area contributed by atoms with Crippen molar-refractivity contribution in [2.45, 2.75) is 18.3 Å². The second-order valence-electron chi connectivity index (χ2n) is 6.21. The van der Waals surface area contributed by atoms with Gasteiger partial charge in [-0.15, -0.1) is 0 Å². The van der Waals surface area contributed by atoms with Gasteiger partial charge in [0.25, 0.3) is 0 Å². The Bertz CT molecular complexity index is 993. The summed E-state index contributed by atoms with van der Waals surface area (Å²) in [5.41, 5.74) is 9.60. The van der Waals surface area contributed by atoms with Crippen LogP contribution >= 0.6 is 0 Å². The SMILES string of the molecule is Cn1c(=O)[nH]c2cc(C3(c4ccccc4C(N)=O)CC3)ccc21. The van der Waals surface area contributed by atoms with Crippen molar-refractivity contribution in [1.29, 1.82) is 0 Å². The number of fused-ring (bicyclic) bond motifs is 1. The summed E-state index contributed by atoms with van der Waals surface area (Å²) in [6, 6.07) is 13.5. The highest BCUT2D eigenvalue weighted by atomic mass is 16.1. The zero-order valence-electron chi connectivity index (χ0n) is 12.8. The predicted octanol–water partition coefficient (Wildman–Crippen LogP) is 2.05. The number of rotatable bonds is 3. The number of benzene rings is 2. The van der Waals surface area contributed by atoms with Gasteiger partial charge in [0.1, 0.15) is 0 Å². The van der Waals surface area contributed by atoms with Gasteiger partial charge in [0.15, 0.2) is 0 Å². The van der Waals surface area contributed by atoms with Crippen molar-refractivity contribution in [1.82, 2.24) is 9.55 Å². The molecule has 0 spiro atoms. The first-order valence-corrected chi connectivity index (χ1v) is 7.61. The molecule has 1 heterocycles. The summed E-state index contributed by atoms with van der Waals surface area (Å²) >= 11 is 0. The molecule has 4 rings (SSSR count). The number of H-pyrrole nitrogens is 1. The molecule has 1 amide bonds. The van der Waals surface area contributed by atoms with Crippen LogP contribution in [0.2, 0.25) is 0 Å². The Balaban J connectivity index is 1.90. The Morgan fingerprint density at radius 1 is 1.22 bits per heavy atom. The van der Waals surface area contributed by atoms with Crippen LogP contribution in [-0.4, -0.2) is 15.5 Å². The van der Waals surface area contributed by atoms with E-state index in [4.69, 9.17) is 5.73 Å². The number of hydrogen-bond donors (Lipinski definition) is 2. The standard InChI is InChI=1S/C18H17N3O2/c1-21-15-7-6-11(10-14(15)20-17(21)23)18(8-9-18)13-5-3-2-4-12(13)16(19)22/h2-7,10H,8-9H2,1H3,(H2,19,22)(H,20,23). The number of hydrogen-bond acceptors (Lipinski definition) is 2. The molecule has 5 heteroatoms. The fourth-order valence-electron chi connectivity index (χ4n) is 3.49. The van der Waals surface area contributed by atoms with Crippen molar-refractivity contribution in [3.05, 3.63) is 69.6 Å². The zero-order valence-corrected chi connectivity index (χ0v) is 12.8. The number of imidazole rings is 1. The number of aromatic nitrogens is 2. The molecule has 3 N–H and O–H groups in total. The van der Waals surface area contributed by atoms with E-state index in [0.29, 0.717) is 5.56 Å². The lowest BCUT2D eigenvalue weighted by atomic mass is 9.84. The number of nitrogens with one attached hydrogen (secondary N) is 1. The largest absolute Gasteiger partial charge is 0.366 e. The van der Waals surface area contributed by atoms with Crippen molar-refractivity contribution in [2.24, 2.45) is 12.8 Å². The Hall–Kier alpha value is -2.82. The molecule has 2 aromatic carbocycles. The first-order valence-electron chi connectivity index (χ1n) is 7.61. The van der Waals surface area contributed by atoms with Crippen molar-refractivity contribution >= 4 is 16.9 Å². The van der Waals surface area contributed by atoms with E-state index in [0.717, 1.165) is 35.0 Å². The van der Waals surface area contributed by atoms with Crippen LogP contribution in [0.25, 0.3) is 11.0 Å². The normalized spacial score (nSPS) is 15.7. The summed E-state index contributed by atoms with van der Waals surface area (Å²) in [5.74, 6) is -0.402. The third-order valence-electron chi connectivity index (χ3n) is 4.91. The van der Waals surface area contributed by atoms with Gasteiger partial charge in [0, 0.05) is 18.0 Å². The molecular formula is C18H17N3O2. The van der Waals surface area contributed by atoms with Crippen LogP contribution in [0.5, 0.6) is 0 Å². The molecule has 23 heavy (non-hydrogen) atoms. The van der Waals surface area contributed by atoms with Crippen LogP contribution in [0.4, 0.5) is 0 Å². The highest BCUT2D eigenvalue weighted by Crippen LogP contribution is 2.54. The number of primary amides is 1. The number of amides is 1. The molecule has 1 aliphatic carbocycles. The molecule has 1 saturated carbocycles. The number of nitrogens with two attached hydrogens (primary N) is 1. The van der Waals surface area contributed by atoms with Gasteiger partial charge >= 0.3 is 5.69 Å². The molecule has 0 unspecified atom stereocenters. The van der Waals surface area contributed by atoms with E-state index in [1.807, 2.05) is 36.4 Å². The minimum absolute atomic E-state index is 0.125. The van der Waals surface area contributed by atoms with Crippen LogP contribution in [0.3, 0.4) is 0 Å². The van der Waals surface area contributed by atoms with Crippen molar-refractivity contribution in [3.8, 4) is 0 Å².